The molecule has 0 rings (SSSR count). The van der Waals surface area contributed by atoms with E-state index in [1.165, 1.54) is 0 Å². The summed E-state index contributed by atoms with van der Waals surface area (Å²) in [5.41, 5.74) is 0. The first-order chi connectivity index (χ1) is 0. The summed E-state index contributed by atoms with van der Waals surface area (Å²) in [6.07, 6.45) is 0. The van der Waals surface area contributed by atoms with Crippen LogP contribution in [0.15, 0.2) is 0 Å². The fourth-order valence-electron chi connectivity index (χ4n) is 0. The van der Waals surface area contributed by atoms with Gasteiger partial charge in [0.2, 0.25) is 0 Å². The van der Waals surface area contributed by atoms with E-state index < -0.39 is 0 Å². The van der Waals surface area contributed by atoms with Crippen LogP contribution in [0.5, 0.6) is 0 Å². The standard InChI is InChI=1S/2Al.2In.3O.2Zn.6H/q2*+3;;;3*-2;;;;;;;;. The van der Waals surface area contributed by atoms with Gasteiger partial charge in [-0.05, 0) is 0 Å². The van der Waals surface area contributed by atoms with E-state index in [9.17, 15) is 0 Å². The van der Waals surface area contributed by atoms with Crippen molar-refractivity contribution in [3.8, 4) is 0 Å². The Labute approximate surface area is 139 Å². The molecule has 0 aromatic heterocycles. The smallest absolute Gasteiger partial charge is 0 e. The molecule has 0 aliphatic heterocycles. The van der Waals surface area contributed by atoms with E-state index in [4.69, 9.17) is 0 Å². The fraction of sp³-hybridized carbons (Fsp3) is 0. The van der Waals surface area contributed by atoms with Crippen molar-refractivity contribution >= 4 is 86.4 Å². The van der Waals surface area contributed by atoms with Gasteiger partial charge in [-0.2, -0.15) is 0 Å². The zero-order valence-electron chi connectivity index (χ0n) is 3.79. The third-order valence-corrected chi connectivity index (χ3v) is 0. The first kappa shape index (κ1) is 119. The Bertz CT molecular complexity index is 17.8. The molecule has 0 amide bonds. The normalized spacial score (nSPS) is 0. The molecule has 0 heterocycles. The zero-order valence-corrected chi connectivity index (χ0v) is 12.0. The largest absolute Gasteiger partial charge is 2.00 e. The molecule has 0 aliphatic rings. The van der Waals surface area contributed by atoms with Crippen LogP contribution in [-0.2, 0) is 55.4 Å². The van der Waals surface area contributed by atoms with E-state index >= 15 is 0 Å². The van der Waals surface area contributed by atoms with Crippen LogP contribution in [0.25, 0.3) is 0 Å². The first-order valence-corrected chi connectivity index (χ1v) is 0. The molecule has 0 atom stereocenters. The van der Waals surface area contributed by atoms with Crippen molar-refractivity contribution in [3.63, 3.8) is 0 Å². The van der Waals surface area contributed by atoms with Crippen molar-refractivity contribution in [2.75, 3.05) is 0 Å². The van der Waals surface area contributed by atoms with E-state index in [0.29, 0.717) is 0 Å². The summed E-state index contributed by atoms with van der Waals surface area (Å²) < 4.78 is 0. The minimum absolute atomic E-state index is 0. The quantitative estimate of drug-likeness (QED) is 0.331. The van der Waals surface area contributed by atoms with Crippen LogP contribution in [-0.4, -0.2) is 86.4 Å². The van der Waals surface area contributed by atoms with Gasteiger partial charge >= 0.3 is 86.4 Å². The van der Waals surface area contributed by atoms with E-state index in [-0.39, 0.29) is 142 Å². The van der Waals surface area contributed by atoms with Crippen LogP contribution in [0.4, 0.5) is 0 Å². The fourth-order valence-corrected chi connectivity index (χ4v) is 0. The molecule has 0 unspecified atom stereocenters. The van der Waals surface area contributed by atoms with Gasteiger partial charge in [-0.1, -0.05) is 0 Å². The molecule has 0 saturated heterocycles. The average Bonchev–Trinajstić information content (AvgIpc) is 0. The molecule has 0 aromatic rings. The molecule has 0 saturated carbocycles. The van der Waals surface area contributed by atoms with Gasteiger partial charge in [0, 0.05) is 39.0 Å². The molecule has 9 heavy (non-hydrogen) atoms. The minimum Gasteiger partial charge on any atom is -2.00 e. The Kier molecular flexibility index (Phi) is 1220. The molecule has 0 spiro atoms. The van der Waals surface area contributed by atoms with Crippen LogP contribution in [0.1, 0.15) is 0 Å². The second-order valence-corrected chi connectivity index (χ2v) is 0. The van der Waals surface area contributed by atoms with Gasteiger partial charge in [0.25, 0.3) is 0 Å². The molecule has 0 aromatic carbocycles. The molecule has 0 aliphatic carbocycles. The van der Waals surface area contributed by atoms with Crippen LogP contribution >= 0.6 is 0 Å². The van der Waals surface area contributed by atoms with Crippen molar-refractivity contribution in [3.05, 3.63) is 0 Å². The molecule has 3 nitrogen and oxygen atoms in total. The Morgan fingerprint density at radius 3 is 0.444 bits per heavy atom. The Morgan fingerprint density at radius 2 is 0.444 bits per heavy atom. The third-order valence-electron chi connectivity index (χ3n) is 0. The number of rotatable bonds is 0. The maximum atomic E-state index is 0. The summed E-state index contributed by atoms with van der Waals surface area (Å²) >= 11 is 0. The molecule has 0 fully saturated rings. The number of hydrogen-bond donors (Lipinski definition) is 0. The van der Waals surface area contributed by atoms with Crippen LogP contribution < -0.4 is 0 Å². The summed E-state index contributed by atoms with van der Waals surface area (Å²) in [5.74, 6) is 0. The monoisotopic (exact) mass is 466 g/mol. The Morgan fingerprint density at radius 1 is 0.444 bits per heavy atom. The predicted molar refractivity (Wildman–Crippen MR) is 33.4 cm³/mol. The SMILES string of the molecule is [Al+3].[Al+3].[InH3].[InH3].[O-2].[O-2].[O-2].[Zn].[Zn]. The molecular weight excluding hydrogens is 462 g/mol. The summed E-state index contributed by atoms with van der Waals surface area (Å²) in [5, 5.41) is 0. The van der Waals surface area contributed by atoms with Crippen molar-refractivity contribution in [1.82, 2.24) is 0 Å². The van der Waals surface area contributed by atoms with Crippen molar-refractivity contribution in [2.24, 2.45) is 0 Å². The summed E-state index contributed by atoms with van der Waals surface area (Å²) in [7, 11) is 0. The summed E-state index contributed by atoms with van der Waals surface area (Å²) in [6, 6.07) is 0. The second-order valence-electron chi connectivity index (χ2n) is 0. The van der Waals surface area contributed by atoms with Gasteiger partial charge in [-0.15, -0.1) is 0 Å². The van der Waals surface area contributed by atoms with Crippen LogP contribution in [0.3, 0.4) is 0 Å². The zero-order chi connectivity index (χ0) is 0. The first-order valence-electron chi connectivity index (χ1n) is 0. The average molecular weight is 468 g/mol. The van der Waals surface area contributed by atoms with Crippen LogP contribution in [0.2, 0.25) is 0 Å². The number of hydrogen-bond acceptors (Lipinski definition) is 0. The van der Waals surface area contributed by atoms with Crippen molar-refractivity contribution in [1.29, 1.82) is 0 Å². The van der Waals surface area contributed by atoms with Gasteiger partial charge in [0.1, 0.15) is 0 Å². The topological polar surface area (TPSA) is 85.5 Å². The predicted octanol–water partition coefficient (Wildman–Crippen LogP) is -3.49. The molecule has 0 bridgehead atoms. The second kappa shape index (κ2) is 92.2. The van der Waals surface area contributed by atoms with Gasteiger partial charge in [0.15, 0.2) is 0 Å². The Balaban J connectivity index is 0. The minimum atomic E-state index is 0. The van der Waals surface area contributed by atoms with E-state index in [2.05, 4.69) is 0 Å². The molecule has 40 valence electrons. The summed E-state index contributed by atoms with van der Waals surface area (Å²) in [4.78, 5) is 0. The molecular formula is H6Al2In2O3Zn2. The molecule has 0 radical (unpaired) electrons. The molecule has 0 N–H and O–H groups in total. The van der Waals surface area contributed by atoms with Gasteiger partial charge in [-0.3, -0.25) is 0 Å². The van der Waals surface area contributed by atoms with Gasteiger partial charge < -0.3 is 16.4 Å². The van der Waals surface area contributed by atoms with E-state index in [1.54, 1.807) is 0 Å². The maximum absolute atomic E-state index is 0. The van der Waals surface area contributed by atoms with Crippen molar-refractivity contribution in [2.45, 2.75) is 0 Å². The third kappa shape index (κ3) is 76.1. The van der Waals surface area contributed by atoms with Crippen LogP contribution in [0, 0.1) is 0 Å². The molecule has 9 heteroatoms. The van der Waals surface area contributed by atoms with Crippen molar-refractivity contribution < 1.29 is 55.4 Å². The van der Waals surface area contributed by atoms with E-state index in [0.717, 1.165) is 0 Å². The Hall–Kier alpha value is 3.93. The summed E-state index contributed by atoms with van der Waals surface area (Å²) in [6.45, 7) is 0. The maximum Gasteiger partial charge on any atom is 0 e. The van der Waals surface area contributed by atoms with Gasteiger partial charge in [0.05, 0.1) is 0 Å². The van der Waals surface area contributed by atoms with E-state index in [1.807, 2.05) is 0 Å². The van der Waals surface area contributed by atoms with Gasteiger partial charge in [-0.25, -0.2) is 0 Å².